The Balaban J connectivity index is 2.06. The van der Waals surface area contributed by atoms with Crippen LogP contribution in [0.3, 0.4) is 0 Å². The molecular formula is C15H16IN3O3S. The number of sulfonamides is 1. The zero-order valence-corrected chi connectivity index (χ0v) is 15.4. The lowest BCUT2D eigenvalue weighted by Gasteiger charge is -2.22. The molecule has 0 unspecified atom stereocenters. The predicted octanol–water partition coefficient (Wildman–Crippen LogP) is 1.77. The van der Waals surface area contributed by atoms with Gasteiger partial charge < -0.3 is 5.32 Å². The maximum Gasteiger partial charge on any atom is 0.241 e. The van der Waals surface area contributed by atoms with Crippen molar-refractivity contribution in [1.29, 1.82) is 0 Å². The predicted molar refractivity (Wildman–Crippen MR) is 97.4 cm³/mol. The molecule has 1 amide bonds. The molecule has 1 aromatic heterocycles. The number of anilines is 1. The van der Waals surface area contributed by atoms with Gasteiger partial charge in [-0.15, -0.1) is 0 Å². The summed E-state index contributed by atoms with van der Waals surface area (Å²) in [5, 5.41) is 2.70. The van der Waals surface area contributed by atoms with Crippen molar-refractivity contribution in [3.05, 3.63) is 57.9 Å². The van der Waals surface area contributed by atoms with Crippen molar-refractivity contribution < 1.29 is 13.2 Å². The quantitative estimate of drug-likeness (QED) is 0.688. The van der Waals surface area contributed by atoms with Crippen LogP contribution in [0.5, 0.6) is 0 Å². The Morgan fingerprint density at radius 3 is 2.52 bits per heavy atom. The minimum Gasteiger partial charge on any atom is -0.350 e. The second-order valence-electron chi connectivity index (χ2n) is 4.88. The number of nitrogens with zero attached hydrogens (tertiary/aromatic N) is 2. The number of rotatable bonds is 6. The summed E-state index contributed by atoms with van der Waals surface area (Å²) in [6, 6.07) is 10.5. The van der Waals surface area contributed by atoms with Crippen molar-refractivity contribution in [2.75, 3.05) is 17.1 Å². The largest absolute Gasteiger partial charge is 0.350 e. The Hall–Kier alpha value is -1.68. The van der Waals surface area contributed by atoms with E-state index < -0.39 is 10.0 Å². The first kappa shape index (κ1) is 17.7. The van der Waals surface area contributed by atoms with E-state index in [-0.39, 0.29) is 12.5 Å². The molecular weight excluding hydrogens is 429 g/mol. The molecule has 0 atom stereocenters. The van der Waals surface area contributed by atoms with E-state index in [4.69, 9.17) is 0 Å². The topological polar surface area (TPSA) is 79.4 Å². The van der Waals surface area contributed by atoms with E-state index in [1.54, 1.807) is 42.7 Å². The molecule has 1 N–H and O–H groups in total. The highest BCUT2D eigenvalue weighted by Crippen LogP contribution is 2.18. The molecule has 23 heavy (non-hydrogen) atoms. The van der Waals surface area contributed by atoms with Gasteiger partial charge in [0.2, 0.25) is 15.9 Å². The number of pyridine rings is 1. The zero-order chi connectivity index (χ0) is 16.9. The third kappa shape index (κ3) is 5.47. The fraction of sp³-hybridized carbons (Fsp3) is 0.200. The monoisotopic (exact) mass is 445 g/mol. The summed E-state index contributed by atoms with van der Waals surface area (Å²) in [5.74, 6) is -0.377. The van der Waals surface area contributed by atoms with Crippen LogP contribution in [0.15, 0.2) is 48.8 Å². The van der Waals surface area contributed by atoms with E-state index in [9.17, 15) is 13.2 Å². The normalized spacial score (nSPS) is 11.0. The molecule has 0 aliphatic heterocycles. The van der Waals surface area contributed by atoms with Gasteiger partial charge in [-0.2, -0.15) is 0 Å². The first-order valence-electron chi connectivity index (χ1n) is 6.75. The molecule has 0 aliphatic rings. The number of benzene rings is 1. The van der Waals surface area contributed by atoms with Gasteiger partial charge in [-0.1, -0.05) is 6.07 Å². The molecule has 0 saturated carbocycles. The van der Waals surface area contributed by atoms with Crippen LogP contribution in [0, 0.1) is 3.57 Å². The van der Waals surface area contributed by atoms with Gasteiger partial charge in [0, 0.05) is 22.5 Å². The van der Waals surface area contributed by atoms with Crippen LogP contribution in [0.2, 0.25) is 0 Å². The molecule has 8 heteroatoms. The first-order chi connectivity index (χ1) is 10.9. The fourth-order valence-electron chi connectivity index (χ4n) is 1.90. The van der Waals surface area contributed by atoms with Crippen molar-refractivity contribution in [2.24, 2.45) is 0 Å². The second kappa shape index (κ2) is 7.73. The van der Waals surface area contributed by atoms with Crippen molar-refractivity contribution in [3.8, 4) is 0 Å². The van der Waals surface area contributed by atoms with Gasteiger partial charge in [-0.25, -0.2) is 8.42 Å². The van der Waals surface area contributed by atoms with E-state index in [1.807, 2.05) is 6.07 Å². The minimum absolute atomic E-state index is 0.264. The van der Waals surface area contributed by atoms with Crippen molar-refractivity contribution in [2.45, 2.75) is 6.54 Å². The van der Waals surface area contributed by atoms with Gasteiger partial charge in [-0.05, 0) is 58.5 Å². The van der Waals surface area contributed by atoms with E-state index in [1.165, 1.54) is 0 Å². The van der Waals surface area contributed by atoms with Crippen molar-refractivity contribution in [3.63, 3.8) is 0 Å². The van der Waals surface area contributed by atoms with E-state index in [0.717, 1.165) is 19.7 Å². The Labute approximate surface area is 149 Å². The van der Waals surface area contributed by atoms with Crippen LogP contribution in [0.25, 0.3) is 0 Å². The number of nitrogens with one attached hydrogen (secondary N) is 1. The second-order valence-corrected chi connectivity index (χ2v) is 8.04. The average molecular weight is 445 g/mol. The van der Waals surface area contributed by atoms with Gasteiger partial charge >= 0.3 is 0 Å². The molecule has 0 fully saturated rings. The molecule has 0 saturated heterocycles. The van der Waals surface area contributed by atoms with Crippen molar-refractivity contribution in [1.82, 2.24) is 10.3 Å². The van der Waals surface area contributed by atoms with Crippen LogP contribution >= 0.6 is 22.6 Å². The molecule has 0 bridgehead atoms. The number of carbonyl (C=O) groups excluding carboxylic acids is 1. The summed E-state index contributed by atoms with van der Waals surface area (Å²) in [5.41, 5.74) is 1.31. The van der Waals surface area contributed by atoms with Gasteiger partial charge in [0.05, 0.1) is 11.9 Å². The molecule has 2 aromatic rings. The number of halogens is 1. The van der Waals surface area contributed by atoms with Crippen LogP contribution in [0.1, 0.15) is 5.56 Å². The summed E-state index contributed by atoms with van der Waals surface area (Å²) < 4.78 is 26.0. The lowest BCUT2D eigenvalue weighted by Crippen LogP contribution is -2.40. The number of hydrogen-bond donors (Lipinski definition) is 1. The molecule has 0 aliphatic carbocycles. The van der Waals surface area contributed by atoms with Gasteiger partial charge in [0.15, 0.2) is 0 Å². The number of hydrogen-bond acceptors (Lipinski definition) is 4. The molecule has 2 rings (SSSR count). The Morgan fingerprint density at radius 1 is 1.26 bits per heavy atom. The molecule has 0 spiro atoms. The van der Waals surface area contributed by atoms with Crippen LogP contribution in [0.4, 0.5) is 5.69 Å². The Bertz CT molecular complexity index is 764. The maximum atomic E-state index is 12.1. The number of aromatic nitrogens is 1. The Morgan fingerprint density at radius 2 is 1.96 bits per heavy atom. The highest BCUT2D eigenvalue weighted by Gasteiger charge is 2.20. The smallest absolute Gasteiger partial charge is 0.241 e. The van der Waals surface area contributed by atoms with Gasteiger partial charge in [0.25, 0.3) is 0 Å². The summed E-state index contributed by atoms with van der Waals surface area (Å²) >= 11 is 2.13. The molecule has 122 valence electrons. The summed E-state index contributed by atoms with van der Waals surface area (Å²) in [6.45, 7) is 0.0383. The number of amides is 1. The molecule has 6 nitrogen and oxygen atoms in total. The van der Waals surface area contributed by atoms with Crippen LogP contribution in [-0.4, -0.2) is 32.1 Å². The highest BCUT2D eigenvalue weighted by atomic mass is 127. The SMILES string of the molecule is CS(=O)(=O)N(CC(=O)NCc1cccnc1)c1ccc(I)cc1. The summed E-state index contributed by atoms with van der Waals surface area (Å²) in [7, 11) is -3.55. The van der Waals surface area contributed by atoms with E-state index >= 15 is 0 Å². The third-order valence-electron chi connectivity index (χ3n) is 3.01. The lowest BCUT2D eigenvalue weighted by molar-refractivity contribution is -0.119. The third-order valence-corrected chi connectivity index (χ3v) is 4.87. The molecule has 1 aromatic carbocycles. The zero-order valence-electron chi connectivity index (χ0n) is 12.4. The standard InChI is InChI=1S/C15H16IN3O3S/c1-23(21,22)19(14-6-4-13(16)5-7-14)11-15(20)18-10-12-3-2-8-17-9-12/h2-9H,10-11H2,1H3,(H,18,20). The minimum atomic E-state index is -3.55. The maximum absolute atomic E-state index is 12.1. The molecule has 1 heterocycles. The van der Waals surface area contributed by atoms with Crippen LogP contribution in [-0.2, 0) is 21.4 Å². The van der Waals surface area contributed by atoms with E-state index in [2.05, 4.69) is 32.9 Å². The van der Waals surface area contributed by atoms with Gasteiger partial charge in [-0.3, -0.25) is 14.1 Å². The fourth-order valence-corrected chi connectivity index (χ4v) is 3.11. The lowest BCUT2D eigenvalue weighted by atomic mass is 10.3. The Kier molecular flexibility index (Phi) is 5.94. The average Bonchev–Trinajstić information content (AvgIpc) is 2.52. The van der Waals surface area contributed by atoms with E-state index in [0.29, 0.717) is 12.2 Å². The first-order valence-corrected chi connectivity index (χ1v) is 9.68. The van der Waals surface area contributed by atoms with Crippen molar-refractivity contribution >= 4 is 44.2 Å². The molecule has 0 radical (unpaired) electrons. The van der Waals surface area contributed by atoms with Gasteiger partial charge in [0.1, 0.15) is 6.54 Å². The summed E-state index contributed by atoms with van der Waals surface area (Å²) in [4.78, 5) is 16.0. The summed E-state index contributed by atoms with van der Waals surface area (Å²) in [6.07, 6.45) is 4.38. The highest BCUT2D eigenvalue weighted by molar-refractivity contribution is 14.1. The van der Waals surface area contributed by atoms with Crippen LogP contribution < -0.4 is 9.62 Å². The number of carbonyl (C=O) groups is 1.